The van der Waals surface area contributed by atoms with Gasteiger partial charge in [-0.3, -0.25) is 0 Å². The number of anilines is 2. The Labute approximate surface area is 185 Å². The normalized spacial score (nSPS) is 18.1. The monoisotopic (exact) mass is 438 g/mol. The van der Waals surface area contributed by atoms with Crippen LogP contribution in [0.1, 0.15) is 54.4 Å². The number of fused-ring (bicyclic) bond motifs is 2. The van der Waals surface area contributed by atoms with Crippen LogP contribution in [0.3, 0.4) is 0 Å². The first-order valence-corrected chi connectivity index (χ1v) is 10.3. The van der Waals surface area contributed by atoms with E-state index in [1.807, 2.05) is 20.8 Å². The van der Waals surface area contributed by atoms with Crippen molar-refractivity contribution in [2.75, 3.05) is 26.1 Å². The average molecular weight is 438 g/mol. The van der Waals surface area contributed by atoms with Crippen LogP contribution in [-0.4, -0.2) is 52.5 Å². The van der Waals surface area contributed by atoms with Crippen molar-refractivity contribution in [2.45, 2.75) is 38.4 Å². The summed E-state index contributed by atoms with van der Waals surface area (Å²) >= 11 is 0. The highest BCUT2D eigenvalue weighted by atomic mass is 16.6. The molecule has 3 aromatic heterocycles. The maximum absolute atomic E-state index is 12.3. The summed E-state index contributed by atoms with van der Waals surface area (Å²) in [5.41, 5.74) is 1.10. The fourth-order valence-electron chi connectivity index (χ4n) is 3.77. The van der Waals surface area contributed by atoms with E-state index in [0.29, 0.717) is 39.7 Å². The van der Waals surface area contributed by atoms with Gasteiger partial charge in [-0.1, -0.05) is 6.92 Å². The smallest absolute Gasteiger partial charge is 0.340 e. The Morgan fingerprint density at radius 3 is 2.69 bits per heavy atom. The van der Waals surface area contributed by atoms with Gasteiger partial charge in [-0.25, -0.2) is 19.7 Å². The van der Waals surface area contributed by atoms with Crippen molar-refractivity contribution in [2.24, 2.45) is 0 Å². The van der Waals surface area contributed by atoms with Crippen LogP contribution in [0.5, 0.6) is 5.88 Å². The number of carbonyl (C=O) groups is 1. The Hall–Kier alpha value is -3.30. The molecular formula is C23H26N4O5. The molecule has 2 atom stereocenters. The van der Waals surface area contributed by atoms with Crippen molar-refractivity contribution < 1.29 is 24.1 Å². The molecular weight excluding hydrogens is 412 g/mol. The van der Waals surface area contributed by atoms with Crippen LogP contribution in [0.4, 0.5) is 11.6 Å². The van der Waals surface area contributed by atoms with E-state index in [-0.39, 0.29) is 18.5 Å². The molecule has 2 N–H and O–H groups in total. The lowest BCUT2D eigenvalue weighted by Crippen LogP contribution is -2.39. The predicted molar refractivity (Wildman–Crippen MR) is 118 cm³/mol. The van der Waals surface area contributed by atoms with Crippen molar-refractivity contribution in [3.63, 3.8) is 0 Å². The number of carbonyl (C=O) groups excluding carboxylic acids is 1. The Morgan fingerprint density at radius 1 is 1.19 bits per heavy atom. The van der Waals surface area contributed by atoms with Crippen molar-refractivity contribution in [3.05, 3.63) is 47.4 Å². The van der Waals surface area contributed by atoms with Crippen LogP contribution >= 0.6 is 0 Å². The molecule has 0 amide bonds. The zero-order chi connectivity index (χ0) is 23.0. The molecule has 0 fully saturated rings. The number of aliphatic hydroxyl groups excluding tert-OH is 1. The number of hydrogen-bond donors (Lipinski definition) is 2. The number of ether oxygens (including phenoxy) is 3. The van der Waals surface area contributed by atoms with E-state index >= 15 is 0 Å². The number of nitrogens with zero attached hydrogens (tertiary/aromatic N) is 3. The van der Waals surface area contributed by atoms with Crippen molar-refractivity contribution in [3.8, 4) is 5.88 Å². The summed E-state index contributed by atoms with van der Waals surface area (Å²) < 4.78 is 16.0. The Kier molecular flexibility index (Phi) is 5.70. The molecule has 0 aliphatic carbocycles. The number of aliphatic hydroxyl groups is 1. The van der Waals surface area contributed by atoms with Crippen molar-refractivity contribution in [1.82, 2.24) is 15.0 Å². The van der Waals surface area contributed by atoms with Gasteiger partial charge in [0.1, 0.15) is 23.3 Å². The third kappa shape index (κ3) is 3.85. The lowest BCUT2D eigenvalue weighted by molar-refractivity contribution is -0.0189. The lowest BCUT2D eigenvalue weighted by atomic mass is 9.84. The summed E-state index contributed by atoms with van der Waals surface area (Å²) in [6.45, 7) is 5.86. The van der Waals surface area contributed by atoms with Crippen LogP contribution < -0.4 is 10.1 Å². The summed E-state index contributed by atoms with van der Waals surface area (Å²) in [5, 5.41) is 15.1. The first-order chi connectivity index (χ1) is 15.2. The number of cyclic esters (lactones) is 1. The van der Waals surface area contributed by atoms with Gasteiger partial charge in [0.05, 0.1) is 30.4 Å². The largest absolute Gasteiger partial charge is 0.481 e. The summed E-state index contributed by atoms with van der Waals surface area (Å²) in [5.74, 6) is 1.03. The van der Waals surface area contributed by atoms with E-state index < -0.39 is 11.7 Å². The van der Waals surface area contributed by atoms with Crippen LogP contribution in [0.15, 0.2) is 30.6 Å². The van der Waals surface area contributed by atoms with Crippen LogP contribution in [0, 0.1) is 0 Å². The minimum Gasteiger partial charge on any atom is -0.481 e. The first kappa shape index (κ1) is 21.9. The third-order valence-corrected chi connectivity index (χ3v) is 5.85. The van der Waals surface area contributed by atoms with Gasteiger partial charge in [-0.15, -0.1) is 0 Å². The van der Waals surface area contributed by atoms with E-state index in [2.05, 4.69) is 20.3 Å². The fraction of sp³-hybridized carbons (Fsp3) is 0.391. The molecule has 168 valence electrons. The molecule has 4 rings (SSSR count). The van der Waals surface area contributed by atoms with Gasteiger partial charge in [0.25, 0.3) is 0 Å². The standard InChI is InChI=1S/C23H26N4O5/c1-12-20-13(22(29)32-23(12,2)3)6-7-18(27-20)26-19-8-14-15(17(28)11-30-4)9-25-21(31-5)16(14)10-24-19/h6-10,12,17,28H,11H2,1-5H3,(H,24,26,27)/t12-,17+/m1/s1. The quantitative estimate of drug-likeness (QED) is 0.558. The maximum atomic E-state index is 12.3. The summed E-state index contributed by atoms with van der Waals surface area (Å²) in [6, 6.07) is 5.22. The second-order valence-corrected chi connectivity index (χ2v) is 8.28. The highest BCUT2D eigenvalue weighted by Crippen LogP contribution is 2.38. The summed E-state index contributed by atoms with van der Waals surface area (Å²) in [4.78, 5) is 25.7. The van der Waals surface area contributed by atoms with Crippen molar-refractivity contribution in [1.29, 1.82) is 0 Å². The number of rotatable bonds is 6. The topological polar surface area (TPSA) is 116 Å². The van der Waals surface area contributed by atoms with Crippen LogP contribution in [-0.2, 0) is 9.47 Å². The number of esters is 1. The SMILES string of the molecule is COC[C@H](O)c1cnc(OC)c2cnc(Nc3ccc4c(n3)[C@@H](C)C(C)(C)OC4=O)cc12. The lowest BCUT2D eigenvalue weighted by Gasteiger charge is -2.36. The number of aromatic nitrogens is 3. The van der Waals surface area contributed by atoms with Gasteiger partial charge in [-0.05, 0) is 37.4 Å². The van der Waals surface area contributed by atoms with Crippen LogP contribution in [0.25, 0.3) is 10.8 Å². The molecule has 9 heteroatoms. The molecule has 0 aromatic carbocycles. The Balaban J connectivity index is 1.73. The maximum Gasteiger partial charge on any atom is 0.340 e. The molecule has 9 nitrogen and oxygen atoms in total. The third-order valence-electron chi connectivity index (χ3n) is 5.85. The second-order valence-electron chi connectivity index (χ2n) is 8.28. The molecule has 0 unspecified atom stereocenters. The minimum atomic E-state index is -0.855. The Bertz CT molecular complexity index is 1180. The zero-order valence-electron chi connectivity index (χ0n) is 18.7. The average Bonchev–Trinajstić information content (AvgIpc) is 2.76. The molecule has 0 saturated heterocycles. The molecule has 4 heterocycles. The van der Waals surface area contributed by atoms with Gasteiger partial charge in [0, 0.05) is 31.0 Å². The number of hydrogen-bond acceptors (Lipinski definition) is 9. The molecule has 1 aliphatic heterocycles. The molecule has 0 spiro atoms. The van der Waals surface area contributed by atoms with Gasteiger partial charge in [-0.2, -0.15) is 0 Å². The van der Waals surface area contributed by atoms with E-state index in [0.717, 1.165) is 5.39 Å². The summed E-state index contributed by atoms with van der Waals surface area (Å²) in [6.07, 6.45) is 2.35. The highest BCUT2D eigenvalue weighted by molar-refractivity contribution is 5.93. The highest BCUT2D eigenvalue weighted by Gasteiger charge is 2.40. The fourth-order valence-corrected chi connectivity index (χ4v) is 3.77. The van der Waals surface area contributed by atoms with Crippen LogP contribution in [0.2, 0.25) is 0 Å². The molecule has 0 radical (unpaired) electrons. The molecule has 0 saturated carbocycles. The number of nitrogens with one attached hydrogen (secondary N) is 1. The van der Waals surface area contributed by atoms with Gasteiger partial charge < -0.3 is 24.6 Å². The molecule has 1 aliphatic rings. The van der Waals surface area contributed by atoms with Gasteiger partial charge in [0.15, 0.2) is 0 Å². The number of methoxy groups -OCH3 is 2. The molecule has 32 heavy (non-hydrogen) atoms. The van der Waals surface area contributed by atoms with Crippen molar-refractivity contribution >= 4 is 28.4 Å². The van der Waals surface area contributed by atoms with E-state index in [9.17, 15) is 9.90 Å². The predicted octanol–water partition coefficient (Wildman–Crippen LogP) is 3.51. The van der Waals surface area contributed by atoms with E-state index in [4.69, 9.17) is 14.2 Å². The zero-order valence-corrected chi connectivity index (χ0v) is 18.7. The van der Waals surface area contributed by atoms with E-state index in [1.54, 1.807) is 30.6 Å². The molecule has 3 aromatic rings. The molecule has 0 bridgehead atoms. The first-order valence-electron chi connectivity index (χ1n) is 10.3. The number of pyridine rings is 3. The minimum absolute atomic E-state index is 0.0763. The van der Waals surface area contributed by atoms with E-state index in [1.165, 1.54) is 14.2 Å². The second kappa shape index (κ2) is 8.33. The van der Waals surface area contributed by atoms with Gasteiger partial charge >= 0.3 is 5.97 Å². The van der Waals surface area contributed by atoms with Gasteiger partial charge in [0.2, 0.25) is 5.88 Å². The summed E-state index contributed by atoms with van der Waals surface area (Å²) in [7, 11) is 3.06. The Morgan fingerprint density at radius 2 is 1.97 bits per heavy atom.